The number of aromatic amines is 1. The van der Waals surface area contributed by atoms with Gasteiger partial charge in [0.2, 0.25) is 0 Å². The molecular formula is C24H41N7O2S. The average molecular weight is 492 g/mol. The van der Waals surface area contributed by atoms with Crippen LogP contribution in [0, 0.1) is 11.3 Å². The molecule has 1 unspecified atom stereocenters. The van der Waals surface area contributed by atoms with Crippen LogP contribution in [0.15, 0.2) is 4.79 Å². The molecule has 1 atom stereocenters. The SMILES string of the molecule is CCCC(C)Oc1nc(N)c2[nH]c(=O)n(CCCCCC3CCN(C(=N)CCCS)CC3)c2n1. The second kappa shape index (κ2) is 13.0. The molecule has 9 nitrogen and oxygen atoms in total. The number of hydrogen-bond donors (Lipinski definition) is 4. The molecule has 0 aliphatic carbocycles. The average Bonchev–Trinajstić information content (AvgIpc) is 3.13. The van der Waals surface area contributed by atoms with Crippen molar-refractivity contribution in [2.75, 3.05) is 24.6 Å². The van der Waals surface area contributed by atoms with E-state index in [1.165, 1.54) is 19.3 Å². The van der Waals surface area contributed by atoms with Crippen LogP contribution in [0.25, 0.3) is 11.2 Å². The highest BCUT2D eigenvalue weighted by Crippen LogP contribution is 2.24. The van der Waals surface area contributed by atoms with Gasteiger partial charge in [-0.25, -0.2) is 4.79 Å². The van der Waals surface area contributed by atoms with E-state index in [1.54, 1.807) is 4.57 Å². The number of imidazole rings is 1. The molecule has 1 aliphatic rings. The summed E-state index contributed by atoms with van der Waals surface area (Å²) in [6.45, 7) is 6.69. The maximum atomic E-state index is 12.5. The number of rotatable bonds is 13. The van der Waals surface area contributed by atoms with Crippen molar-refractivity contribution in [1.29, 1.82) is 5.41 Å². The highest BCUT2D eigenvalue weighted by Gasteiger charge is 2.20. The van der Waals surface area contributed by atoms with Crippen molar-refractivity contribution in [3.63, 3.8) is 0 Å². The third-order valence-corrected chi connectivity index (χ3v) is 7.01. The van der Waals surface area contributed by atoms with Gasteiger partial charge in [-0.2, -0.15) is 22.6 Å². The third-order valence-electron chi connectivity index (χ3n) is 6.69. The Bertz CT molecular complexity index is 982. The topological polar surface area (TPSA) is 126 Å². The Morgan fingerprint density at radius 1 is 1.26 bits per heavy atom. The first-order valence-corrected chi connectivity index (χ1v) is 13.4. The Balaban J connectivity index is 1.46. The standard InChI is InChI=1S/C24H41N7O2S/c1-3-8-17(2)33-23-28-21(26)20-22(29-23)31(24(32)27-20)13-6-4-5-9-18-11-14-30(15-12-18)19(25)10-7-16-34/h17-18,25,34H,3-16H2,1-2H3,(H,27,32)(H2,26,28,29). The minimum absolute atomic E-state index is 0.00790. The summed E-state index contributed by atoms with van der Waals surface area (Å²) in [5.41, 5.74) is 6.86. The molecule has 3 heterocycles. The third kappa shape index (κ3) is 7.13. The van der Waals surface area contributed by atoms with Crippen LogP contribution in [0.3, 0.4) is 0 Å². The number of aryl methyl sites for hydroxylation is 1. The predicted octanol–water partition coefficient (Wildman–Crippen LogP) is 4.23. The molecule has 2 aromatic rings. The van der Waals surface area contributed by atoms with Crippen molar-refractivity contribution in [1.82, 2.24) is 24.4 Å². The molecule has 4 N–H and O–H groups in total. The molecule has 0 bridgehead atoms. The number of nitrogens with two attached hydrogens (primary N) is 1. The largest absolute Gasteiger partial charge is 0.460 e. The lowest BCUT2D eigenvalue weighted by Crippen LogP contribution is -2.38. The van der Waals surface area contributed by atoms with Crippen molar-refractivity contribution < 1.29 is 4.74 Å². The first-order valence-electron chi connectivity index (χ1n) is 12.8. The van der Waals surface area contributed by atoms with E-state index < -0.39 is 0 Å². The number of H-pyrrole nitrogens is 1. The highest BCUT2D eigenvalue weighted by atomic mass is 32.1. The van der Waals surface area contributed by atoms with E-state index in [-0.39, 0.29) is 23.6 Å². The summed E-state index contributed by atoms with van der Waals surface area (Å²) < 4.78 is 7.46. The maximum absolute atomic E-state index is 12.5. The molecule has 0 saturated carbocycles. The number of anilines is 1. The lowest BCUT2D eigenvalue weighted by molar-refractivity contribution is 0.193. The van der Waals surface area contributed by atoms with Crippen molar-refractivity contribution in [3.05, 3.63) is 10.5 Å². The highest BCUT2D eigenvalue weighted by molar-refractivity contribution is 7.80. The normalized spacial score (nSPS) is 15.7. The summed E-state index contributed by atoms with van der Waals surface area (Å²) >= 11 is 4.25. The van der Waals surface area contributed by atoms with Gasteiger partial charge in [0, 0.05) is 26.1 Å². The zero-order valence-electron chi connectivity index (χ0n) is 20.7. The van der Waals surface area contributed by atoms with E-state index in [9.17, 15) is 4.79 Å². The molecule has 3 rings (SSSR count). The minimum Gasteiger partial charge on any atom is -0.460 e. The van der Waals surface area contributed by atoms with Crippen LogP contribution in [0.5, 0.6) is 6.01 Å². The molecule has 34 heavy (non-hydrogen) atoms. The van der Waals surface area contributed by atoms with Crippen LogP contribution in [-0.2, 0) is 6.54 Å². The van der Waals surface area contributed by atoms with Crippen LogP contribution in [0.1, 0.15) is 78.1 Å². The number of likely N-dealkylation sites (tertiary alicyclic amines) is 1. The molecule has 0 aromatic carbocycles. The molecule has 190 valence electrons. The van der Waals surface area contributed by atoms with E-state index >= 15 is 0 Å². The fraction of sp³-hybridized carbons (Fsp3) is 0.750. The van der Waals surface area contributed by atoms with Gasteiger partial charge in [-0.3, -0.25) is 9.98 Å². The van der Waals surface area contributed by atoms with Gasteiger partial charge in [0.15, 0.2) is 11.5 Å². The number of ether oxygens (including phenoxy) is 1. The summed E-state index contributed by atoms with van der Waals surface area (Å²) in [6.07, 6.45) is 10.4. The molecule has 1 aliphatic heterocycles. The van der Waals surface area contributed by atoms with E-state index in [0.717, 1.165) is 75.5 Å². The fourth-order valence-electron chi connectivity index (χ4n) is 4.71. The van der Waals surface area contributed by atoms with Crippen LogP contribution >= 0.6 is 12.6 Å². The van der Waals surface area contributed by atoms with Crippen molar-refractivity contribution >= 4 is 35.4 Å². The van der Waals surface area contributed by atoms with Gasteiger partial charge in [-0.05, 0) is 50.7 Å². The molecule has 1 saturated heterocycles. The quantitative estimate of drug-likeness (QED) is 0.144. The molecule has 2 aromatic heterocycles. The van der Waals surface area contributed by atoms with Crippen LogP contribution in [0.2, 0.25) is 0 Å². The predicted molar refractivity (Wildman–Crippen MR) is 141 cm³/mol. The van der Waals surface area contributed by atoms with Crippen molar-refractivity contribution in [2.45, 2.75) is 90.7 Å². The number of nitrogens with zero attached hydrogens (tertiary/aromatic N) is 4. The lowest BCUT2D eigenvalue weighted by Gasteiger charge is -2.33. The van der Waals surface area contributed by atoms with E-state index in [0.29, 0.717) is 17.7 Å². The summed E-state index contributed by atoms with van der Waals surface area (Å²) in [7, 11) is 0. The van der Waals surface area contributed by atoms with Gasteiger partial charge in [-0.1, -0.05) is 32.6 Å². The second-order valence-electron chi connectivity index (χ2n) is 9.44. The number of amidine groups is 1. The maximum Gasteiger partial charge on any atom is 0.327 e. The minimum atomic E-state index is -0.206. The van der Waals surface area contributed by atoms with Crippen molar-refractivity contribution in [3.8, 4) is 6.01 Å². The summed E-state index contributed by atoms with van der Waals surface area (Å²) in [5, 5.41) is 8.20. The smallest absolute Gasteiger partial charge is 0.327 e. The Labute approximate surface area is 207 Å². The number of aromatic nitrogens is 4. The number of thiol groups is 1. The van der Waals surface area contributed by atoms with E-state index in [2.05, 4.69) is 39.4 Å². The number of fused-ring (bicyclic) bond motifs is 1. The summed E-state index contributed by atoms with van der Waals surface area (Å²) in [5.74, 6) is 2.60. The Morgan fingerprint density at radius 2 is 2.03 bits per heavy atom. The number of nitrogens with one attached hydrogen (secondary N) is 2. The summed E-state index contributed by atoms with van der Waals surface area (Å²) in [6, 6.07) is 0.226. The number of nitrogen functional groups attached to an aromatic ring is 1. The molecule has 10 heteroatoms. The van der Waals surface area contributed by atoms with E-state index in [1.807, 2.05) is 6.92 Å². The molecular weight excluding hydrogens is 450 g/mol. The Morgan fingerprint density at radius 3 is 2.74 bits per heavy atom. The van der Waals surface area contributed by atoms with Gasteiger partial charge in [0.25, 0.3) is 0 Å². The monoisotopic (exact) mass is 491 g/mol. The second-order valence-corrected chi connectivity index (χ2v) is 9.89. The molecule has 0 radical (unpaired) electrons. The van der Waals surface area contributed by atoms with Gasteiger partial charge in [0.1, 0.15) is 5.52 Å². The van der Waals surface area contributed by atoms with Gasteiger partial charge >= 0.3 is 11.7 Å². The Hall–Kier alpha value is -2.23. The van der Waals surface area contributed by atoms with Crippen LogP contribution in [0.4, 0.5) is 5.82 Å². The zero-order chi connectivity index (χ0) is 24.5. The molecule has 0 spiro atoms. The van der Waals surface area contributed by atoms with Crippen LogP contribution in [-0.4, -0.2) is 55.2 Å². The molecule has 1 fully saturated rings. The summed E-state index contributed by atoms with van der Waals surface area (Å²) in [4.78, 5) is 26.2. The fourth-order valence-corrected chi connectivity index (χ4v) is 4.87. The Kier molecular flexibility index (Phi) is 10.1. The van der Waals surface area contributed by atoms with Gasteiger partial charge < -0.3 is 20.4 Å². The van der Waals surface area contributed by atoms with Gasteiger partial charge in [-0.15, -0.1) is 0 Å². The van der Waals surface area contributed by atoms with Gasteiger partial charge in [0.05, 0.1) is 11.9 Å². The van der Waals surface area contributed by atoms with E-state index in [4.69, 9.17) is 15.9 Å². The number of hydrogen-bond acceptors (Lipinski definition) is 7. The molecule has 0 amide bonds. The first-order chi connectivity index (χ1) is 16.4. The van der Waals surface area contributed by atoms with Crippen LogP contribution < -0.4 is 16.2 Å². The first kappa shape index (κ1) is 26.4. The lowest BCUT2D eigenvalue weighted by atomic mass is 9.91. The van der Waals surface area contributed by atoms with Crippen molar-refractivity contribution in [2.24, 2.45) is 5.92 Å². The number of unbranched alkanes of at least 4 members (excludes halogenated alkanes) is 2. The zero-order valence-corrected chi connectivity index (χ0v) is 21.6. The number of piperidine rings is 1.